The van der Waals surface area contributed by atoms with Crippen molar-refractivity contribution in [2.24, 2.45) is 0 Å². The highest BCUT2D eigenvalue weighted by molar-refractivity contribution is 9.09. The highest BCUT2D eigenvalue weighted by Gasteiger charge is 2.19. The Labute approximate surface area is 112 Å². The molecule has 0 aliphatic heterocycles. The predicted molar refractivity (Wildman–Crippen MR) is 70.1 cm³/mol. The van der Waals surface area contributed by atoms with Crippen LogP contribution < -0.4 is 0 Å². The van der Waals surface area contributed by atoms with Gasteiger partial charge < -0.3 is 0 Å². The zero-order chi connectivity index (χ0) is 13.3. The maximum Gasteiger partial charge on any atom is 0.295 e. The Kier molecular flexibility index (Phi) is 3.42. The van der Waals surface area contributed by atoms with Gasteiger partial charge in [0.15, 0.2) is 0 Å². The third-order valence-electron chi connectivity index (χ3n) is 2.56. The molecule has 1 atom stereocenters. The van der Waals surface area contributed by atoms with E-state index in [0.717, 1.165) is 11.3 Å². The summed E-state index contributed by atoms with van der Waals surface area (Å²) in [5.41, 5.74) is 1.98. The van der Waals surface area contributed by atoms with Gasteiger partial charge in [0.05, 0.1) is 21.6 Å². The first-order chi connectivity index (χ1) is 8.50. The Bertz CT molecular complexity index is 594. The molecule has 0 radical (unpaired) electrons. The summed E-state index contributed by atoms with van der Waals surface area (Å²) in [6.45, 7) is 3.72. The topological polar surface area (TPSA) is 73.8 Å². The van der Waals surface area contributed by atoms with Gasteiger partial charge in [-0.15, -0.1) is 5.10 Å². The minimum Gasteiger partial charge on any atom is -0.258 e. The minimum absolute atomic E-state index is 0.0219. The van der Waals surface area contributed by atoms with Gasteiger partial charge in [-0.05, 0) is 19.4 Å². The third-order valence-corrected chi connectivity index (χ3v) is 3.03. The molecule has 0 saturated heterocycles. The van der Waals surface area contributed by atoms with Gasteiger partial charge in [0.2, 0.25) is 0 Å². The fourth-order valence-electron chi connectivity index (χ4n) is 1.66. The maximum absolute atomic E-state index is 11.0. The fourth-order valence-corrected chi connectivity index (χ4v) is 1.87. The Balaban J connectivity index is 2.58. The van der Waals surface area contributed by atoms with Gasteiger partial charge in [0, 0.05) is 6.07 Å². The molecule has 7 heteroatoms. The van der Waals surface area contributed by atoms with Crippen molar-refractivity contribution in [3.63, 3.8) is 0 Å². The summed E-state index contributed by atoms with van der Waals surface area (Å²) < 4.78 is 1.44. The van der Waals surface area contributed by atoms with E-state index in [1.54, 1.807) is 25.3 Å². The van der Waals surface area contributed by atoms with Crippen LogP contribution in [0, 0.1) is 17.0 Å². The molecule has 2 aromatic rings. The Morgan fingerprint density at radius 1 is 1.50 bits per heavy atom. The monoisotopic (exact) mass is 310 g/mol. The van der Waals surface area contributed by atoms with E-state index < -0.39 is 4.92 Å². The molecule has 1 aromatic carbocycles. The van der Waals surface area contributed by atoms with Crippen LogP contribution in [0.4, 0.5) is 5.69 Å². The lowest BCUT2D eigenvalue weighted by atomic mass is 10.1. The zero-order valence-electron chi connectivity index (χ0n) is 9.87. The van der Waals surface area contributed by atoms with Gasteiger partial charge in [-0.3, -0.25) is 10.1 Å². The van der Waals surface area contributed by atoms with E-state index in [1.165, 1.54) is 10.7 Å². The van der Waals surface area contributed by atoms with Gasteiger partial charge in [0.25, 0.3) is 5.69 Å². The average molecular weight is 311 g/mol. The first-order valence-corrected chi connectivity index (χ1v) is 6.23. The van der Waals surface area contributed by atoms with Crippen molar-refractivity contribution >= 4 is 21.6 Å². The summed E-state index contributed by atoms with van der Waals surface area (Å²) in [4.78, 5) is 10.7. The molecule has 0 aliphatic rings. The van der Waals surface area contributed by atoms with E-state index in [-0.39, 0.29) is 10.5 Å². The number of aryl methyl sites for hydroxylation is 1. The van der Waals surface area contributed by atoms with Crippen molar-refractivity contribution in [2.45, 2.75) is 18.7 Å². The van der Waals surface area contributed by atoms with Crippen LogP contribution in [0.25, 0.3) is 5.69 Å². The zero-order valence-corrected chi connectivity index (χ0v) is 11.5. The van der Waals surface area contributed by atoms with E-state index in [2.05, 4.69) is 26.2 Å². The summed E-state index contributed by atoms with van der Waals surface area (Å²) in [7, 11) is 0. The van der Waals surface area contributed by atoms with Gasteiger partial charge in [-0.2, -0.15) is 0 Å². The molecule has 0 N–H and O–H groups in total. The first-order valence-electron chi connectivity index (χ1n) is 5.31. The molecule has 1 unspecified atom stereocenters. The molecular formula is C11H11BrN4O2. The van der Waals surface area contributed by atoms with E-state index in [4.69, 9.17) is 0 Å². The fraction of sp³-hybridized carbons (Fsp3) is 0.273. The predicted octanol–water partition coefficient (Wildman–Crippen LogP) is 2.94. The molecule has 0 spiro atoms. The van der Waals surface area contributed by atoms with Crippen molar-refractivity contribution in [3.8, 4) is 5.69 Å². The smallest absolute Gasteiger partial charge is 0.258 e. The number of para-hydroxylation sites is 1. The van der Waals surface area contributed by atoms with Crippen LogP contribution in [0.15, 0.2) is 24.4 Å². The van der Waals surface area contributed by atoms with Crippen LogP contribution >= 0.6 is 15.9 Å². The van der Waals surface area contributed by atoms with Crippen molar-refractivity contribution in [1.29, 1.82) is 0 Å². The lowest BCUT2D eigenvalue weighted by Crippen LogP contribution is -2.03. The van der Waals surface area contributed by atoms with E-state index in [0.29, 0.717) is 5.69 Å². The molecule has 2 rings (SSSR count). The molecular weight excluding hydrogens is 300 g/mol. The van der Waals surface area contributed by atoms with Crippen molar-refractivity contribution < 1.29 is 4.92 Å². The standard InChI is InChI=1S/C11H11BrN4O2/c1-7-4-3-5-10(16(17)18)11(7)15-6-9(8(2)12)13-14-15/h3-6,8H,1-2H3. The normalized spacial score (nSPS) is 12.4. The molecule has 0 aliphatic carbocycles. The number of hydrogen-bond acceptors (Lipinski definition) is 4. The highest BCUT2D eigenvalue weighted by atomic mass is 79.9. The lowest BCUT2D eigenvalue weighted by Gasteiger charge is -2.05. The number of benzene rings is 1. The third kappa shape index (κ3) is 2.26. The van der Waals surface area contributed by atoms with Gasteiger partial charge in [0.1, 0.15) is 5.69 Å². The molecule has 94 valence electrons. The largest absolute Gasteiger partial charge is 0.295 e. The van der Waals surface area contributed by atoms with Crippen LogP contribution in [0.1, 0.15) is 23.0 Å². The van der Waals surface area contributed by atoms with E-state index in [1.807, 2.05) is 6.92 Å². The number of alkyl halides is 1. The quantitative estimate of drug-likeness (QED) is 0.496. The number of nitro benzene ring substituents is 1. The SMILES string of the molecule is Cc1cccc([N+](=O)[O-])c1-n1cc(C(C)Br)nn1. The molecule has 0 amide bonds. The molecule has 1 heterocycles. The van der Waals surface area contributed by atoms with Crippen molar-refractivity contribution in [1.82, 2.24) is 15.0 Å². The molecule has 18 heavy (non-hydrogen) atoms. The van der Waals surface area contributed by atoms with Gasteiger partial charge in [-0.1, -0.05) is 33.3 Å². The molecule has 0 fully saturated rings. The number of nitro groups is 1. The second-order valence-electron chi connectivity index (χ2n) is 3.90. The number of hydrogen-bond donors (Lipinski definition) is 0. The van der Waals surface area contributed by atoms with Crippen LogP contribution in [-0.4, -0.2) is 19.9 Å². The molecule has 0 saturated carbocycles. The number of halogens is 1. The summed E-state index contributed by atoms with van der Waals surface area (Å²) in [5.74, 6) is 0. The van der Waals surface area contributed by atoms with Crippen LogP contribution in [0.2, 0.25) is 0 Å². The maximum atomic E-state index is 11.0. The van der Waals surface area contributed by atoms with Crippen LogP contribution in [-0.2, 0) is 0 Å². The average Bonchev–Trinajstić information content (AvgIpc) is 2.77. The second kappa shape index (κ2) is 4.85. The van der Waals surface area contributed by atoms with Gasteiger partial charge >= 0.3 is 0 Å². The van der Waals surface area contributed by atoms with Crippen LogP contribution in [0.3, 0.4) is 0 Å². The lowest BCUT2D eigenvalue weighted by molar-refractivity contribution is -0.384. The molecule has 0 bridgehead atoms. The molecule has 1 aromatic heterocycles. The van der Waals surface area contributed by atoms with Crippen molar-refractivity contribution in [2.75, 3.05) is 0 Å². The first kappa shape index (κ1) is 12.7. The van der Waals surface area contributed by atoms with Crippen molar-refractivity contribution in [3.05, 3.63) is 45.8 Å². The summed E-state index contributed by atoms with van der Waals surface area (Å²) >= 11 is 3.38. The Morgan fingerprint density at radius 3 is 2.78 bits per heavy atom. The van der Waals surface area contributed by atoms with E-state index >= 15 is 0 Å². The Morgan fingerprint density at radius 2 is 2.22 bits per heavy atom. The second-order valence-corrected chi connectivity index (χ2v) is 5.28. The van der Waals surface area contributed by atoms with Crippen LogP contribution in [0.5, 0.6) is 0 Å². The molecule has 6 nitrogen and oxygen atoms in total. The number of rotatable bonds is 3. The minimum atomic E-state index is -0.415. The summed E-state index contributed by atoms with van der Waals surface area (Å²) in [5, 5.41) is 18.9. The summed E-state index contributed by atoms with van der Waals surface area (Å²) in [6.07, 6.45) is 1.69. The summed E-state index contributed by atoms with van der Waals surface area (Å²) in [6, 6.07) is 4.92. The van der Waals surface area contributed by atoms with Gasteiger partial charge in [-0.25, -0.2) is 4.68 Å². The highest BCUT2D eigenvalue weighted by Crippen LogP contribution is 2.27. The number of aromatic nitrogens is 3. The number of nitrogens with zero attached hydrogens (tertiary/aromatic N) is 4. The Hall–Kier alpha value is -1.76. The van der Waals surface area contributed by atoms with E-state index in [9.17, 15) is 10.1 Å².